The number of pyridine rings is 1. The van der Waals surface area contributed by atoms with Gasteiger partial charge < -0.3 is 16.0 Å². The highest BCUT2D eigenvalue weighted by Gasteiger charge is 2.06. The van der Waals surface area contributed by atoms with E-state index in [4.69, 9.17) is 0 Å². The molecule has 1 aromatic heterocycles. The molecule has 0 aliphatic heterocycles. The number of hydrogen-bond acceptors (Lipinski definition) is 3. The molecule has 3 N–H and O–H groups in total. The van der Waals surface area contributed by atoms with Crippen molar-refractivity contribution in [3.05, 3.63) is 59.5 Å². The van der Waals surface area contributed by atoms with Gasteiger partial charge in [-0.2, -0.15) is 0 Å². The number of urea groups is 1. The second-order valence-corrected chi connectivity index (χ2v) is 5.54. The van der Waals surface area contributed by atoms with E-state index in [-0.39, 0.29) is 24.7 Å². The van der Waals surface area contributed by atoms with Crippen LogP contribution in [0.25, 0.3) is 0 Å². The number of rotatable bonds is 7. The van der Waals surface area contributed by atoms with Crippen molar-refractivity contribution in [2.24, 2.45) is 0 Å². The number of nitrogens with one attached hydrogen (secondary N) is 3. The van der Waals surface area contributed by atoms with Gasteiger partial charge in [0.1, 0.15) is 11.6 Å². The topological polar surface area (TPSA) is 83.1 Å². The van der Waals surface area contributed by atoms with Crippen molar-refractivity contribution in [3.63, 3.8) is 0 Å². The van der Waals surface area contributed by atoms with Gasteiger partial charge in [-0.3, -0.25) is 4.79 Å². The van der Waals surface area contributed by atoms with E-state index in [2.05, 4.69) is 20.9 Å². The molecule has 0 saturated carbocycles. The van der Waals surface area contributed by atoms with Crippen molar-refractivity contribution in [2.45, 2.75) is 19.8 Å². The zero-order valence-corrected chi connectivity index (χ0v) is 14.0. The molecule has 1 aromatic carbocycles. The molecule has 0 radical (unpaired) electrons. The molecule has 0 bridgehead atoms. The maximum Gasteiger partial charge on any atom is 0.314 e. The van der Waals surface area contributed by atoms with Gasteiger partial charge >= 0.3 is 6.03 Å². The number of anilines is 1. The number of carbonyl (C=O) groups is 2. The van der Waals surface area contributed by atoms with Crippen molar-refractivity contribution in [3.8, 4) is 0 Å². The summed E-state index contributed by atoms with van der Waals surface area (Å²) >= 11 is 0. The Kier molecular flexibility index (Phi) is 6.88. The summed E-state index contributed by atoms with van der Waals surface area (Å²) in [4.78, 5) is 27.5. The highest BCUT2D eigenvalue weighted by atomic mass is 19.1. The quantitative estimate of drug-likeness (QED) is 0.721. The van der Waals surface area contributed by atoms with Gasteiger partial charge in [0, 0.05) is 25.7 Å². The van der Waals surface area contributed by atoms with E-state index in [1.54, 1.807) is 30.5 Å². The fourth-order valence-corrected chi connectivity index (χ4v) is 2.11. The van der Waals surface area contributed by atoms with Crippen molar-refractivity contribution >= 4 is 17.8 Å². The van der Waals surface area contributed by atoms with Gasteiger partial charge in [0.2, 0.25) is 5.91 Å². The van der Waals surface area contributed by atoms with Crippen LogP contribution in [0.15, 0.2) is 42.6 Å². The van der Waals surface area contributed by atoms with Crippen molar-refractivity contribution < 1.29 is 14.0 Å². The fourth-order valence-electron chi connectivity index (χ4n) is 2.11. The molecular formula is C18H21FN4O2. The summed E-state index contributed by atoms with van der Waals surface area (Å²) in [5, 5.41) is 7.86. The number of aryl methyl sites for hydroxylation is 1. The molecule has 1 heterocycles. The average Bonchev–Trinajstić information content (AvgIpc) is 2.59. The Morgan fingerprint density at radius 2 is 1.84 bits per heavy atom. The maximum atomic E-state index is 13.4. The Morgan fingerprint density at radius 3 is 2.56 bits per heavy atom. The van der Waals surface area contributed by atoms with Crippen LogP contribution in [-0.2, 0) is 11.2 Å². The van der Waals surface area contributed by atoms with Crippen LogP contribution in [0.3, 0.4) is 0 Å². The maximum absolute atomic E-state index is 13.4. The summed E-state index contributed by atoms with van der Waals surface area (Å²) in [7, 11) is 0. The number of hydrogen-bond donors (Lipinski definition) is 3. The minimum Gasteiger partial charge on any atom is -0.338 e. The van der Waals surface area contributed by atoms with Crippen molar-refractivity contribution in [1.29, 1.82) is 0 Å². The Balaban J connectivity index is 1.61. The number of halogens is 1. The van der Waals surface area contributed by atoms with Crippen LogP contribution in [0.1, 0.15) is 17.5 Å². The van der Waals surface area contributed by atoms with Gasteiger partial charge in [-0.1, -0.05) is 24.3 Å². The van der Waals surface area contributed by atoms with Crippen molar-refractivity contribution in [1.82, 2.24) is 15.6 Å². The van der Waals surface area contributed by atoms with Crippen LogP contribution in [-0.4, -0.2) is 30.0 Å². The van der Waals surface area contributed by atoms with Crippen LogP contribution < -0.4 is 16.0 Å². The van der Waals surface area contributed by atoms with Crippen LogP contribution in [0, 0.1) is 12.7 Å². The summed E-state index contributed by atoms with van der Waals surface area (Å²) in [5.41, 5.74) is 1.56. The van der Waals surface area contributed by atoms with Crippen LogP contribution in [0.4, 0.5) is 15.0 Å². The van der Waals surface area contributed by atoms with E-state index in [0.717, 1.165) is 5.56 Å². The first-order valence-electron chi connectivity index (χ1n) is 8.02. The summed E-state index contributed by atoms with van der Waals surface area (Å²) in [6.45, 7) is 2.42. The molecule has 0 fully saturated rings. The third-order valence-corrected chi connectivity index (χ3v) is 3.45. The second kappa shape index (κ2) is 9.36. The molecule has 132 valence electrons. The number of carbonyl (C=O) groups excluding carboxylic acids is 2. The summed E-state index contributed by atoms with van der Waals surface area (Å²) < 4.78 is 13.4. The number of amides is 3. The number of benzene rings is 1. The van der Waals surface area contributed by atoms with E-state index in [9.17, 15) is 14.0 Å². The Morgan fingerprint density at radius 1 is 1.08 bits per heavy atom. The van der Waals surface area contributed by atoms with E-state index in [1.807, 2.05) is 13.0 Å². The molecule has 0 spiro atoms. The fraction of sp³-hybridized carbons (Fsp3) is 0.278. The lowest BCUT2D eigenvalue weighted by atomic mass is 10.1. The van der Waals surface area contributed by atoms with Gasteiger partial charge in [-0.05, 0) is 36.6 Å². The molecule has 0 aliphatic rings. The normalized spacial score (nSPS) is 10.2. The standard InChI is InChI=1S/C18H21FN4O2/c1-13-6-7-16(22-12-13)23-17(24)9-11-21-18(25)20-10-8-14-4-2-3-5-15(14)19/h2-7,12H,8-11H2,1H3,(H2,20,21,25)(H,22,23,24). The van der Waals surface area contributed by atoms with Crippen molar-refractivity contribution in [2.75, 3.05) is 18.4 Å². The Labute approximate surface area is 145 Å². The van der Waals surface area contributed by atoms with E-state index in [0.29, 0.717) is 24.3 Å². The largest absolute Gasteiger partial charge is 0.338 e. The second-order valence-electron chi connectivity index (χ2n) is 5.54. The van der Waals surface area contributed by atoms with E-state index >= 15 is 0 Å². The third kappa shape index (κ3) is 6.58. The predicted octanol–water partition coefficient (Wildman–Crippen LogP) is 2.40. The highest BCUT2D eigenvalue weighted by molar-refractivity contribution is 5.90. The Hall–Kier alpha value is -2.96. The van der Waals surface area contributed by atoms with Gasteiger partial charge in [-0.25, -0.2) is 14.2 Å². The summed E-state index contributed by atoms with van der Waals surface area (Å²) in [6.07, 6.45) is 2.20. The summed E-state index contributed by atoms with van der Waals surface area (Å²) in [6, 6.07) is 9.61. The van der Waals surface area contributed by atoms with E-state index < -0.39 is 6.03 Å². The van der Waals surface area contributed by atoms with Gasteiger partial charge in [0.05, 0.1) is 0 Å². The molecule has 0 unspecified atom stereocenters. The van der Waals surface area contributed by atoms with E-state index in [1.165, 1.54) is 6.07 Å². The van der Waals surface area contributed by atoms with Crippen LogP contribution in [0.5, 0.6) is 0 Å². The monoisotopic (exact) mass is 344 g/mol. The first-order valence-corrected chi connectivity index (χ1v) is 8.02. The first-order chi connectivity index (χ1) is 12.0. The number of aromatic nitrogens is 1. The molecule has 6 nitrogen and oxygen atoms in total. The molecule has 0 aliphatic carbocycles. The lowest BCUT2D eigenvalue weighted by Gasteiger charge is -2.08. The summed E-state index contributed by atoms with van der Waals surface area (Å²) in [5.74, 6) is -0.0426. The zero-order chi connectivity index (χ0) is 18.1. The Bertz CT molecular complexity index is 719. The lowest BCUT2D eigenvalue weighted by molar-refractivity contribution is -0.116. The smallest absolute Gasteiger partial charge is 0.314 e. The van der Waals surface area contributed by atoms with Crippen LogP contribution >= 0.6 is 0 Å². The highest BCUT2D eigenvalue weighted by Crippen LogP contribution is 2.06. The molecule has 7 heteroatoms. The molecular weight excluding hydrogens is 323 g/mol. The number of nitrogens with zero attached hydrogens (tertiary/aromatic N) is 1. The SMILES string of the molecule is Cc1ccc(NC(=O)CCNC(=O)NCCc2ccccc2F)nc1. The molecule has 3 amide bonds. The molecule has 2 rings (SSSR count). The van der Waals surface area contributed by atoms with Crippen LogP contribution in [0.2, 0.25) is 0 Å². The minimum absolute atomic E-state index is 0.135. The minimum atomic E-state index is -0.391. The molecule has 2 aromatic rings. The predicted molar refractivity (Wildman–Crippen MR) is 93.7 cm³/mol. The molecule has 0 saturated heterocycles. The average molecular weight is 344 g/mol. The zero-order valence-electron chi connectivity index (χ0n) is 14.0. The van der Waals surface area contributed by atoms with Gasteiger partial charge in [-0.15, -0.1) is 0 Å². The first kappa shape index (κ1) is 18.4. The third-order valence-electron chi connectivity index (χ3n) is 3.45. The van der Waals surface area contributed by atoms with Gasteiger partial charge in [0.15, 0.2) is 0 Å². The van der Waals surface area contributed by atoms with Gasteiger partial charge in [0.25, 0.3) is 0 Å². The molecule has 25 heavy (non-hydrogen) atoms. The lowest BCUT2D eigenvalue weighted by Crippen LogP contribution is -2.38. The molecule has 0 atom stereocenters.